The predicted octanol–water partition coefficient (Wildman–Crippen LogP) is 4.60. The van der Waals surface area contributed by atoms with Gasteiger partial charge in [-0.25, -0.2) is 9.67 Å². The number of amides is 1. The fourth-order valence-corrected chi connectivity index (χ4v) is 6.24. The van der Waals surface area contributed by atoms with Gasteiger partial charge in [-0.05, 0) is 74.6 Å². The lowest BCUT2D eigenvalue weighted by Gasteiger charge is -2.45. The van der Waals surface area contributed by atoms with E-state index in [4.69, 9.17) is 4.74 Å². The van der Waals surface area contributed by atoms with Crippen molar-refractivity contribution in [3.63, 3.8) is 0 Å². The van der Waals surface area contributed by atoms with Crippen LogP contribution in [0.3, 0.4) is 0 Å². The van der Waals surface area contributed by atoms with Gasteiger partial charge in [0.1, 0.15) is 24.0 Å². The number of pyridine rings is 1. The Kier molecular flexibility index (Phi) is 8.91. The number of rotatable bonds is 5. The average molecular weight is 531 g/mol. The first-order valence-corrected chi connectivity index (χ1v) is 14.5. The lowest BCUT2D eigenvalue weighted by atomic mass is 9.73. The van der Waals surface area contributed by atoms with Crippen molar-refractivity contribution in [1.29, 1.82) is 0 Å². The lowest BCUT2D eigenvalue weighted by molar-refractivity contribution is -0.134. The van der Waals surface area contributed by atoms with E-state index in [0.717, 1.165) is 75.8 Å². The van der Waals surface area contributed by atoms with Crippen LogP contribution in [-0.4, -0.2) is 68.2 Å². The number of ether oxygens (including phenoxy) is 1. The standard InChI is InChI=1S/C31H42N6O2/c1-25-33-26(2)37(34-25)17-12-30(38)36-18-14-31(15-19-36)13-6-5-10-28-9-3-4-11-29(28)39-21-20-35(24-31)23-27-8-7-16-32-22-27/h3-4,7-9,11,16,22H,5-6,10,12-15,17-21,23-24H2,1-2H3. The molecule has 0 atom stereocenters. The number of aryl methyl sites for hydroxylation is 4. The summed E-state index contributed by atoms with van der Waals surface area (Å²) in [6.45, 7) is 9.49. The van der Waals surface area contributed by atoms with Gasteiger partial charge in [0.15, 0.2) is 0 Å². The summed E-state index contributed by atoms with van der Waals surface area (Å²) in [4.78, 5) is 26.5. The smallest absolute Gasteiger partial charge is 0.224 e. The normalized spacial score (nSPS) is 18.6. The number of carbonyl (C=O) groups is 1. The van der Waals surface area contributed by atoms with E-state index in [0.29, 0.717) is 19.6 Å². The van der Waals surface area contributed by atoms with Crippen LogP contribution in [0, 0.1) is 19.3 Å². The zero-order chi connectivity index (χ0) is 27.1. The van der Waals surface area contributed by atoms with Crippen LogP contribution in [0.5, 0.6) is 5.75 Å². The number of piperidine rings is 1. The van der Waals surface area contributed by atoms with E-state index in [-0.39, 0.29) is 11.3 Å². The Hall–Kier alpha value is -3.26. The van der Waals surface area contributed by atoms with Crippen molar-refractivity contribution >= 4 is 5.91 Å². The molecule has 8 heteroatoms. The number of hydrogen-bond donors (Lipinski definition) is 0. The highest BCUT2D eigenvalue weighted by molar-refractivity contribution is 5.76. The van der Waals surface area contributed by atoms with Gasteiger partial charge in [-0.1, -0.05) is 30.7 Å². The molecular weight excluding hydrogens is 488 g/mol. The molecule has 1 amide bonds. The summed E-state index contributed by atoms with van der Waals surface area (Å²) in [6, 6.07) is 12.7. The molecule has 2 aromatic heterocycles. The number of nitrogens with zero attached hydrogens (tertiary/aromatic N) is 6. The molecule has 8 nitrogen and oxygen atoms in total. The summed E-state index contributed by atoms with van der Waals surface area (Å²) in [7, 11) is 0. The van der Waals surface area contributed by atoms with Crippen LogP contribution >= 0.6 is 0 Å². The molecule has 3 aromatic rings. The van der Waals surface area contributed by atoms with Gasteiger partial charge in [0.25, 0.3) is 0 Å². The maximum Gasteiger partial charge on any atom is 0.224 e. The molecular formula is C31H42N6O2. The SMILES string of the molecule is Cc1nc(C)n(CCC(=O)N2CCC3(CCCCc4ccccc4OCCN(Cc4cccnc4)C3)CC2)n1. The van der Waals surface area contributed by atoms with E-state index in [1.165, 1.54) is 24.0 Å². The molecule has 2 aliphatic heterocycles. The molecule has 1 spiro atoms. The maximum absolute atomic E-state index is 13.1. The highest BCUT2D eigenvalue weighted by Gasteiger charge is 2.37. The first kappa shape index (κ1) is 27.3. The Bertz CT molecular complexity index is 1220. The van der Waals surface area contributed by atoms with Gasteiger partial charge in [0.05, 0.1) is 6.54 Å². The Morgan fingerprint density at radius 2 is 1.87 bits per heavy atom. The van der Waals surface area contributed by atoms with Crippen molar-refractivity contribution in [3.05, 3.63) is 71.6 Å². The summed E-state index contributed by atoms with van der Waals surface area (Å²) < 4.78 is 8.15. The number of hydrogen-bond acceptors (Lipinski definition) is 6. The molecule has 2 aliphatic rings. The van der Waals surface area contributed by atoms with Crippen molar-refractivity contribution in [2.45, 2.75) is 71.9 Å². The van der Waals surface area contributed by atoms with Gasteiger partial charge in [-0.2, -0.15) is 5.10 Å². The second-order valence-electron chi connectivity index (χ2n) is 11.3. The fraction of sp³-hybridized carbons (Fsp3) is 0.548. The quantitative estimate of drug-likeness (QED) is 0.480. The number of aromatic nitrogens is 4. The van der Waals surface area contributed by atoms with Gasteiger partial charge < -0.3 is 9.64 Å². The Morgan fingerprint density at radius 1 is 1.03 bits per heavy atom. The van der Waals surface area contributed by atoms with Crippen molar-refractivity contribution in [1.82, 2.24) is 29.5 Å². The summed E-state index contributed by atoms with van der Waals surface area (Å²) in [5.41, 5.74) is 2.74. The number of carbonyl (C=O) groups excluding carboxylic acids is 1. The summed E-state index contributed by atoms with van der Waals surface area (Å²) in [6.07, 6.45) is 11.0. The molecule has 1 saturated heterocycles. The maximum atomic E-state index is 13.1. The fourth-order valence-electron chi connectivity index (χ4n) is 6.24. The number of fused-ring (bicyclic) bond motifs is 1. The predicted molar refractivity (Wildman–Crippen MR) is 151 cm³/mol. The lowest BCUT2D eigenvalue weighted by Crippen LogP contribution is -2.48. The second-order valence-corrected chi connectivity index (χ2v) is 11.3. The van der Waals surface area contributed by atoms with E-state index in [2.05, 4.69) is 55.2 Å². The van der Waals surface area contributed by atoms with E-state index in [1.54, 1.807) is 0 Å². The Morgan fingerprint density at radius 3 is 2.64 bits per heavy atom. The molecule has 0 bridgehead atoms. The van der Waals surface area contributed by atoms with Crippen LogP contribution in [0.1, 0.15) is 61.3 Å². The molecule has 1 aromatic carbocycles. The van der Waals surface area contributed by atoms with Gasteiger partial charge in [0.2, 0.25) is 5.91 Å². The third-order valence-electron chi connectivity index (χ3n) is 8.41. The average Bonchev–Trinajstić information content (AvgIpc) is 3.27. The number of para-hydroxylation sites is 1. The van der Waals surface area contributed by atoms with Crippen LogP contribution < -0.4 is 4.74 Å². The van der Waals surface area contributed by atoms with Gasteiger partial charge >= 0.3 is 0 Å². The van der Waals surface area contributed by atoms with Gasteiger partial charge in [-0.15, -0.1) is 0 Å². The van der Waals surface area contributed by atoms with Crippen molar-refractivity contribution in [2.24, 2.45) is 5.41 Å². The molecule has 4 heterocycles. The Labute approximate surface area is 232 Å². The monoisotopic (exact) mass is 530 g/mol. The third kappa shape index (κ3) is 7.24. The molecule has 1 fully saturated rings. The van der Waals surface area contributed by atoms with E-state index in [9.17, 15) is 4.79 Å². The first-order valence-electron chi connectivity index (χ1n) is 14.5. The minimum Gasteiger partial charge on any atom is -0.492 e. The van der Waals surface area contributed by atoms with Gasteiger partial charge in [0, 0.05) is 51.5 Å². The molecule has 5 rings (SSSR count). The summed E-state index contributed by atoms with van der Waals surface area (Å²) in [5, 5.41) is 4.42. The minimum absolute atomic E-state index is 0.206. The molecule has 0 N–H and O–H groups in total. The minimum atomic E-state index is 0.206. The molecule has 0 radical (unpaired) electrons. The molecule has 0 unspecified atom stereocenters. The largest absolute Gasteiger partial charge is 0.492 e. The molecule has 0 saturated carbocycles. The van der Waals surface area contributed by atoms with E-state index < -0.39 is 0 Å². The zero-order valence-corrected chi connectivity index (χ0v) is 23.5. The Balaban J connectivity index is 1.26. The van der Waals surface area contributed by atoms with Gasteiger partial charge in [-0.3, -0.25) is 14.7 Å². The van der Waals surface area contributed by atoms with Crippen molar-refractivity contribution in [3.8, 4) is 5.75 Å². The summed E-state index contributed by atoms with van der Waals surface area (Å²) in [5.74, 6) is 2.87. The first-order chi connectivity index (χ1) is 19.0. The van der Waals surface area contributed by atoms with Crippen LogP contribution in [0.2, 0.25) is 0 Å². The number of likely N-dealkylation sites (tertiary alicyclic amines) is 1. The van der Waals surface area contributed by atoms with Crippen LogP contribution in [0.4, 0.5) is 0 Å². The van der Waals surface area contributed by atoms with E-state index in [1.807, 2.05) is 37.0 Å². The zero-order valence-electron chi connectivity index (χ0n) is 23.5. The van der Waals surface area contributed by atoms with Crippen LogP contribution in [0.25, 0.3) is 0 Å². The highest BCUT2D eigenvalue weighted by Crippen LogP contribution is 2.39. The molecule has 208 valence electrons. The van der Waals surface area contributed by atoms with Crippen LogP contribution in [-0.2, 0) is 24.3 Å². The van der Waals surface area contributed by atoms with E-state index >= 15 is 0 Å². The highest BCUT2D eigenvalue weighted by atomic mass is 16.5. The molecule has 39 heavy (non-hydrogen) atoms. The summed E-state index contributed by atoms with van der Waals surface area (Å²) >= 11 is 0. The third-order valence-corrected chi connectivity index (χ3v) is 8.41. The topological polar surface area (TPSA) is 76.4 Å². The van der Waals surface area contributed by atoms with Crippen LogP contribution in [0.15, 0.2) is 48.8 Å². The number of benzene rings is 1. The van der Waals surface area contributed by atoms with Crippen molar-refractivity contribution in [2.75, 3.05) is 32.8 Å². The second kappa shape index (κ2) is 12.7. The van der Waals surface area contributed by atoms with Crippen molar-refractivity contribution < 1.29 is 9.53 Å². The molecule has 0 aliphatic carbocycles.